The second kappa shape index (κ2) is 6.90. The molecule has 1 saturated heterocycles. The van der Waals surface area contributed by atoms with Crippen LogP contribution in [0.5, 0.6) is 0 Å². The van der Waals surface area contributed by atoms with Gasteiger partial charge in [0.2, 0.25) is 0 Å². The number of urea groups is 1. The van der Waals surface area contributed by atoms with Crippen LogP contribution < -0.4 is 10.6 Å². The Kier molecular flexibility index (Phi) is 5.20. The van der Waals surface area contributed by atoms with Gasteiger partial charge in [0.15, 0.2) is 0 Å². The lowest BCUT2D eigenvalue weighted by Crippen LogP contribution is -2.46. The van der Waals surface area contributed by atoms with Gasteiger partial charge in [-0.25, -0.2) is 9.18 Å². The molecule has 0 aliphatic carbocycles. The Bertz CT molecular complexity index is 475. The van der Waals surface area contributed by atoms with Crippen LogP contribution in [0.3, 0.4) is 0 Å². The summed E-state index contributed by atoms with van der Waals surface area (Å²) in [6.07, 6.45) is 1.89. The molecular formula is C14H19ClFN3O. The van der Waals surface area contributed by atoms with Crippen molar-refractivity contribution in [3.8, 4) is 0 Å². The summed E-state index contributed by atoms with van der Waals surface area (Å²) in [5.41, 5.74) is 0.424. The highest BCUT2D eigenvalue weighted by Crippen LogP contribution is 2.14. The number of likely N-dealkylation sites (tertiary alicyclic amines) is 1. The maximum absolute atomic E-state index is 13.5. The van der Waals surface area contributed by atoms with Crippen LogP contribution in [-0.4, -0.2) is 37.1 Å². The van der Waals surface area contributed by atoms with Crippen molar-refractivity contribution in [1.29, 1.82) is 0 Å². The second-order valence-electron chi connectivity index (χ2n) is 5.14. The fourth-order valence-electron chi connectivity index (χ4n) is 2.23. The summed E-state index contributed by atoms with van der Waals surface area (Å²) in [5.74, 6) is -0.405. The lowest BCUT2D eigenvalue weighted by Gasteiger charge is -2.29. The molecule has 2 rings (SSSR count). The molecule has 2 N–H and O–H groups in total. The Morgan fingerprint density at radius 1 is 1.45 bits per heavy atom. The zero-order valence-electron chi connectivity index (χ0n) is 11.5. The number of rotatable bonds is 3. The average Bonchev–Trinajstić information content (AvgIpc) is 2.40. The van der Waals surface area contributed by atoms with E-state index < -0.39 is 5.82 Å². The van der Waals surface area contributed by atoms with E-state index in [0.717, 1.165) is 25.9 Å². The van der Waals surface area contributed by atoms with Crippen molar-refractivity contribution in [2.45, 2.75) is 25.4 Å². The van der Waals surface area contributed by atoms with Gasteiger partial charge < -0.3 is 15.5 Å². The predicted octanol–water partition coefficient (Wildman–Crippen LogP) is 2.37. The molecule has 0 bridgehead atoms. The SMILES string of the molecule is CN1CCC(NC(=O)NCc2ccc(Cl)cc2F)CC1. The predicted molar refractivity (Wildman–Crippen MR) is 77.3 cm³/mol. The van der Waals surface area contributed by atoms with E-state index in [0.29, 0.717) is 10.6 Å². The topological polar surface area (TPSA) is 44.4 Å². The van der Waals surface area contributed by atoms with Crippen molar-refractivity contribution in [1.82, 2.24) is 15.5 Å². The molecule has 1 heterocycles. The Balaban J connectivity index is 1.77. The summed E-state index contributed by atoms with van der Waals surface area (Å²) in [7, 11) is 2.07. The summed E-state index contributed by atoms with van der Waals surface area (Å²) in [6.45, 7) is 2.12. The Hall–Kier alpha value is -1.33. The van der Waals surface area contributed by atoms with Crippen molar-refractivity contribution < 1.29 is 9.18 Å². The van der Waals surface area contributed by atoms with Crippen molar-refractivity contribution in [2.75, 3.05) is 20.1 Å². The molecule has 4 nitrogen and oxygen atoms in total. The number of carbonyl (C=O) groups excluding carboxylic acids is 1. The summed E-state index contributed by atoms with van der Waals surface area (Å²) >= 11 is 5.68. The molecule has 6 heteroatoms. The lowest BCUT2D eigenvalue weighted by molar-refractivity contribution is 0.213. The van der Waals surface area contributed by atoms with Gasteiger partial charge in [-0.2, -0.15) is 0 Å². The summed E-state index contributed by atoms with van der Waals surface area (Å²) < 4.78 is 13.5. The minimum absolute atomic E-state index is 0.154. The molecule has 1 aromatic carbocycles. The van der Waals surface area contributed by atoms with Gasteiger partial charge in [-0.15, -0.1) is 0 Å². The molecule has 0 aromatic heterocycles. The van der Waals surface area contributed by atoms with Crippen LogP contribution in [0.4, 0.5) is 9.18 Å². The number of hydrogen-bond acceptors (Lipinski definition) is 2. The number of piperidine rings is 1. The summed E-state index contributed by atoms with van der Waals surface area (Å²) in [6, 6.07) is 4.37. The Morgan fingerprint density at radius 2 is 2.15 bits per heavy atom. The highest BCUT2D eigenvalue weighted by Gasteiger charge is 2.18. The number of benzene rings is 1. The van der Waals surface area contributed by atoms with Crippen LogP contribution >= 0.6 is 11.6 Å². The zero-order valence-corrected chi connectivity index (χ0v) is 12.2. The van der Waals surface area contributed by atoms with E-state index in [1.165, 1.54) is 6.07 Å². The van der Waals surface area contributed by atoms with Crippen LogP contribution in [0.1, 0.15) is 18.4 Å². The first-order valence-electron chi connectivity index (χ1n) is 6.71. The first-order chi connectivity index (χ1) is 9.54. The van der Waals surface area contributed by atoms with Gasteiger partial charge in [0.25, 0.3) is 0 Å². The number of hydrogen-bond donors (Lipinski definition) is 2. The van der Waals surface area contributed by atoms with E-state index in [1.54, 1.807) is 12.1 Å². The Labute approximate surface area is 123 Å². The van der Waals surface area contributed by atoms with E-state index in [4.69, 9.17) is 11.6 Å². The molecule has 1 aliphatic heterocycles. The van der Waals surface area contributed by atoms with Crippen LogP contribution in [-0.2, 0) is 6.54 Å². The second-order valence-corrected chi connectivity index (χ2v) is 5.58. The molecule has 0 atom stereocenters. The van der Waals surface area contributed by atoms with E-state index in [9.17, 15) is 9.18 Å². The summed E-state index contributed by atoms with van der Waals surface area (Å²) in [4.78, 5) is 14.0. The van der Waals surface area contributed by atoms with Crippen LogP contribution in [0, 0.1) is 5.82 Å². The number of carbonyl (C=O) groups is 1. The third kappa shape index (κ3) is 4.35. The van der Waals surface area contributed by atoms with Gasteiger partial charge in [0.05, 0.1) is 0 Å². The molecule has 0 unspecified atom stereocenters. The smallest absolute Gasteiger partial charge is 0.315 e. The largest absolute Gasteiger partial charge is 0.335 e. The molecule has 1 fully saturated rings. The zero-order chi connectivity index (χ0) is 14.5. The van der Waals surface area contributed by atoms with Gasteiger partial charge >= 0.3 is 6.03 Å². The molecule has 1 aliphatic rings. The van der Waals surface area contributed by atoms with Crippen LogP contribution in [0.25, 0.3) is 0 Å². The molecule has 1 aromatic rings. The fourth-order valence-corrected chi connectivity index (χ4v) is 2.39. The molecular weight excluding hydrogens is 281 g/mol. The van der Waals surface area contributed by atoms with E-state index in [2.05, 4.69) is 22.6 Å². The van der Waals surface area contributed by atoms with Crippen LogP contribution in [0.2, 0.25) is 5.02 Å². The number of nitrogens with zero attached hydrogens (tertiary/aromatic N) is 1. The maximum atomic E-state index is 13.5. The third-order valence-electron chi connectivity index (χ3n) is 3.51. The molecule has 0 spiro atoms. The molecule has 20 heavy (non-hydrogen) atoms. The van der Waals surface area contributed by atoms with Gasteiger partial charge in [-0.05, 0) is 45.1 Å². The lowest BCUT2D eigenvalue weighted by atomic mass is 10.1. The molecule has 110 valence electrons. The monoisotopic (exact) mass is 299 g/mol. The standard InChI is InChI=1S/C14H19ClFN3O/c1-19-6-4-12(5-7-19)18-14(20)17-9-10-2-3-11(15)8-13(10)16/h2-3,8,12H,4-7,9H2,1H3,(H2,17,18,20). The fraction of sp³-hybridized carbons (Fsp3) is 0.500. The van der Waals surface area contributed by atoms with E-state index in [1.807, 2.05) is 0 Å². The first-order valence-corrected chi connectivity index (χ1v) is 7.09. The minimum Gasteiger partial charge on any atom is -0.335 e. The van der Waals surface area contributed by atoms with Gasteiger partial charge in [0, 0.05) is 23.2 Å². The van der Waals surface area contributed by atoms with Crippen molar-refractivity contribution in [2.24, 2.45) is 0 Å². The quantitative estimate of drug-likeness (QED) is 0.900. The van der Waals surface area contributed by atoms with E-state index >= 15 is 0 Å². The molecule has 2 amide bonds. The normalized spacial score (nSPS) is 16.9. The highest BCUT2D eigenvalue weighted by atomic mass is 35.5. The molecule has 0 saturated carbocycles. The van der Waals surface area contributed by atoms with Gasteiger partial charge in [-0.1, -0.05) is 17.7 Å². The number of nitrogens with one attached hydrogen (secondary N) is 2. The number of halogens is 2. The average molecular weight is 300 g/mol. The first kappa shape index (κ1) is 15.1. The number of amides is 2. The van der Waals surface area contributed by atoms with Gasteiger partial charge in [-0.3, -0.25) is 0 Å². The van der Waals surface area contributed by atoms with Crippen molar-refractivity contribution in [3.63, 3.8) is 0 Å². The van der Waals surface area contributed by atoms with Crippen LogP contribution in [0.15, 0.2) is 18.2 Å². The molecule has 0 radical (unpaired) electrons. The highest BCUT2D eigenvalue weighted by molar-refractivity contribution is 6.30. The summed E-state index contributed by atoms with van der Waals surface area (Å²) in [5, 5.41) is 5.94. The maximum Gasteiger partial charge on any atom is 0.315 e. The Morgan fingerprint density at radius 3 is 2.80 bits per heavy atom. The van der Waals surface area contributed by atoms with Crippen molar-refractivity contribution in [3.05, 3.63) is 34.6 Å². The van der Waals surface area contributed by atoms with E-state index in [-0.39, 0.29) is 18.6 Å². The van der Waals surface area contributed by atoms with Gasteiger partial charge in [0.1, 0.15) is 5.82 Å². The van der Waals surface area contributed by atoms with Crippen molar-refractivity contribution >= 4 is 17.6 Å². The minimum atomic E-state index is -0.405. The third-order valence-corrected chi connectivity index (χ3v) is 3.74.